The Balaban J connectivity index is 2.30. The van der Waals surface area contributed by atoms with Crippen LogP contribution in [0.2, 0.25) is 0 Å². The van der Waals surface area contributed by atoms with Crippen LogP contribution in [0.4, 0.5) is 0 Å². The van der Waals surface area contributed by atoms with Gasteiger partial charge in [0.25, 0.3) is 5.56 Å². The van der Waals surface area contributed by atoms with Crippen LogP contribution in [0.15, 0.2) is 15.7 Å². The maximum absolute atomic E-state index is 11.4. The van der Waals surface area contributed by atoms with E-state index in [9.17, 15) is 14.7 Å². The van der Waals surface area contributed by atoms with E-state index in [-0.39, 0.29) is 11.3 Å². The molecule has 1 aliphatic rings. The highest BCUT2D eigenvalue weighted by Gasteiger charge is 2.45. The molecule has 1 fully saturated rings. The highest BCUT2D eigenvalue weighted by molar-refractivity contribution is 5.07. The maximum Gasteiger partial charge on any atom is 0.331 e. The van der Waals surface area contributed by atoms with Crippen LogP contribution >= 0.6 is 0 Å². The number of aromatic hydroxyl groups is 1. The molecule has 0 aliphatic heterocycles. The predicted octanol–water partition coefficient (Wildman–Crippen LogP) is 0.288. The van der Waals surface area contributed by atoms with E-state index in [0.29, 0.717) is 12.5 Å². The Kier molecular flexibility index (Phi) is 1.99. The minimum Gasteiger partial charge on any atom is -0.494 e. The van der Waals surface area contributed by atoms with Crippen LogP contribution in [-0.2, 0) is 6.54 Å². The van der Waals surface area contributed by atoms with Crippen LogP contribution in [0.3, 0.4) is 0 Å². The van der Waals surface area contributed by atoms with E-state index in [0.717, 1.165) is 12.5 Å². The number of aromatic amines is 1. The Labute approximate surface area is 86.4 Å². The van der Waals surface area contributed by atoms with Crippen molar-refractivity contribution in [2.75, 3.05) is 0 Å². The molecule has 0 aromatic carbocycles. The predicted molar refractivity (Wildman–Crippen MR) is 54.9 cm³/mol. The van der Waals surface area contributed by atoms with Gasteiger partial charge in [0.05, 0.1) is 6.07 Å². The van der Waals surface area contributed by atoms with Gasteiger partial charge < -0.3 is 5.11 Å². The Morgan fingerprint density at radius 2 is 2.20 bits per heavy atom. The Morgan fingerprint density at radius 1 is 1.60 bits per heavy atom. The molecule has 1 heterocycles. The van der Waals surface area contributed by atoms with Gasteiger partial charge in [-0.05, 0) is 17.8 Å². The first kappa shape index (κ1) is 10.0. The van der Waals surface area contributed by atoms with E-state index in [1.807, 2.05) is 0 Å². The van der Waals surface area contributed by atoms with E-state index in [4.69, 9.17) is 0 Å². The average Bonchev–Trinajstić information content (AvgIpc) is 2.66. The third-order valence-corrected chi connectivity index (χ3v) is 3.13. The lowest BCUT2D eigenvalue weighted by Crippen LogP contribution is -2.30. The summed E-state index contributed by atoms with van der Waals surface area (Å²) in [5, 5.41) is 9.46. The number of hydrogen-bond donors (Lipinski definition) is 2. The largest absolute Gasteiger partial charge is 0.494 e. The van der Waals surface area contributed by atoms with Crippen molar-refractivity contribution < 1.29 is 5.11 Å². The summed E-state index contributed by atoms with van der Waals surface area (Å²) in [6.45, 7) is 4.70. The number of rotatable bonds is 2. The average molecular weight is 210 g/mol. The van der Waals surface area contributed by atoms with Crippen LogP contribution in [0.1, 0.15) is 20.3 Å². The molecular formula is C10H14N2O3. The maximum atomic E-state index is 11.4. The zero-order valence-corrected chi connectivity index (χ0v) is 8.78. The molecule has 2 rings (SSSR count). The fourth-order valence-corrected chi connectivity index (χ4v) is 1.79. The minimum absolute atomic E-state index is 0.238. The number of hydrogen-bond acceptors (Lipinski definition) is 3. The van der Waals surface area contributed by atoms with Crippen molar-refractivity contribution in [3.05, 3.63) is 26.9 Å². The van der Waals surface area contributed by atoms with Crippen molar-refractivity contribution in [3.63, 3.8) is 0 Å². The van der Waals surface area contributed by atoms with Gasteiger partial charge in [-0.15, -0.1) is 0 Å². The summed E-state index contributed by atoms with van der Waals surface area (Å²) in [5.41, 5.74) is -0.867. The molecule has 1 saturated carbocycles. The molecule has 5 heteroatoms. The van der Waals surface area contributed by atoms with Crippen LogP contribution in [0.5, 0.6) is 5.88 Å². The molecule has 0 bridgehead atoms. The van der Waals surface area contributed by atoms with E-state index >= 15 is 0 Å². The summed E-state index contributed by atoms with van der Waals surface area (Å²) >= 11 is 0. The summed E-state index contributed by atoms with van der Waals surface area (Å²) in [6.07, 6.45) is 1.04. The summed E-state index contributed by atoms with van der Waals surface area (Å²) in [6, 6.07) is 1.02. The van der Waals surface area contributed by atoms with Gasteiger partial charge in [0, 0.05) is 6.54 Å². The summed E-state index contributed by atoms with van der Waals surface area (Å²) < 4.78 is 1.21. The second-order valence-electron chi connectivity index (χ2n) is 4.80. The van der Waals surface area contributed by atoms with Crippen LogP contribution in [0, 0.1) is 11.3 Å². The molecule has 15 heavy (non-hydrogen) atoms. The lowest BCUT2D eigenvalue weighted by Gasteiger charge is -2.08. The molecule has 0 spiro atoms. The molecule has 1 unspecified atom stereocenters. The van der Waals surface area contributed by atoms with E-state index in [1.165, 1.54) is 4.57 Å². The minimum atomic E-state index is -0.566. The molecule has 1 atom stereocenters. The lowest BCUT2D eigenvalue weighted by atomic mass is 10.1. The van der Waals surface area contributed by atoms with Crippen molar-refractivity contribution in [3.8, 4) is 5.88 Å². The first-order chi connectivity index (χ1) is 6.90. The Hall–Kier alpha value is -1.52. The van der Waals surface area contributed by atoms with Crippen LogP contribution in [-0.4, -0.2) is 14.7 Å². The van der Waals surface area contributed by atoms with Gasteiger partial charge in [-0.25, -0.2) is 4.79 Å². The summed E-state index contributed by atoms with van der Waals surface area (Å²) in [5.74, 6) is 0.137. The van der Waals surface area contributed by atoms with Gasteiger partial charge in [0.2, 0.25) is 5.88 Å². The van der Waals surface area contributed by atoms with Gasteiger partial charge in [0.15, 0.2) is 0 Å². The molecule has 0 saturated heterocycles. The molecule has 1 aromatic rings. The topological polar surface area (TPSA) is 75.1 Å². The summed E-state index contributed by atoms with van der Waals surface area (Å²) in [7, 11) is 0. The van der Waals surface area contributed by atoms with E-state index in [1.54, 1.807) is 0 Å². The number of nitrogens with one attached hydrogen (secondary N) is 1. The second kappa shape index (κ2) is 2.98. The van der Waals surface area contributed by atoms with Crippen molar-refractivity contribution in [2.24, 2.45) is 11.3 Å². The lowest BCUT2D eigenvalue weighted by molar-refractivity contribution is 0.379. The van der Waals surface area contributed by atoms with Crippen molar-refractivity contribution >= 4 is 0 Å². The fraction of sp³-hybridized carbons (Fsp3) is 0.600. The SMILES string of the molecule is CC1(C)CC1Cn1c(O)cc(=O)[nH]c1=O. The molecule has 1 aromatic heterocycles. The third kappa shape index (κ3) is 1.82. The normalized spacial score (nSPS) is 22.7. The second-order valence-corrected chi connectivity index (χ2v) is 4.80. The van der Waals surface area contributed by atoms with Crippen molar-refractivity contribution in [1.29, 1.82) is 0 Å². The van der Waals surface area contributed by atoms with Crippen LogP contribution < -0.4 is 11.2 Å². The molecule has 0 radical (unpaired) electrons. The zero-order chi connectivity index (χ0) is 11.2. The highest BCUT2D eigenvalue weighted by Crippen LogP contribution is 2.52. The van der Waals surface area contributed by atoms with Gasteiger partial charge in [0.1, 0.15) is 0 Å². The molecule has 0 amide bonds. The number of aromatic nitrogens is 2. The standard InChI is InChI=1S/C10H14N2O3/c1-10(2)4-6(10)5-12-8(14)3-7(13)11-9(12)15/h3,6,14H,4-5H2,1-2H3,(H,11,13,15). The zero-order valence-electron chi connectivity index (χ0n) is 8.78. The van der Waals surface area contributed by atoms with Gasteiger partial charge in [-0.3, -0.25) is 14.3 Å². The smallest absolute Gasteiger partial charge is 0.331 e. The first-order valence-corrected chi connectivity index (χ1v) is 4.93. The van der Waals surface area contributed by atoms with Crippen LogP contribution in [0.25, 0.3) is 0 Å². The summed E-state index contributed by atoms with van der Waals surface area (Å²) in [4.78, 5) is 24.4. The van der Waals surface area contributed by atoms with Gasteiger partial charge in [-0.2, -0.15) is 0 Å². The van der Waals surface area contributed by atoms with Gasteiger partial charge in [-0.1, -0.05) is 13.8 Å². The molecular weight excluding hydrogens is 196 g/mol. The first-order valence-electron chi connectivity index (χ1n) is 4.93. The van der Waals surface area contributed by atoms with Crippen molar-refractivity contribution in [1.82, 2.24) is 9.55 Å². The molecule has 5 nitrogen and oxygen atoms in total. The third-order valence-electron chi connectivity index (χ3n) is 3.13. The van der Waals surface area contributed by atoms with Crippen molar-refractivity contribution in [2.45, 2.75) is 26.8 Å². The molecule has 1 aliphatic carbocycles. The van der Waals surface area contributed by atoms with E-state index < -0.39 is 11.2 Å². The highest BCUT2D eigenvalue weighted by atomic mass is 16.3. The quantitative estimate of drug-likeness (QED) is 0.736. The Bertz CT molecular complexity index is 498. The molecule has 2 N–H and O–H groups in total. The Morgan fingerprint density at radius 3 is 2.67 bits per heavy atom. The van der Waals surface area contributed by atoms with Gasteiger partial charge >= 0.3 is 5.69 Å². The number of nitrogens with zero attached hydrogens (tertiary/aromatic N) is 1. The monoisotopic (exact) mass is 210 g/mol. The molecule has 82 valence electrons. The van der Waals surface area contributed by atoms with E-state index in [2.05, 4.69) is 18.8 Å². The fourth-order valence-electron chi connectivity index (χ4n) is 1.79. The number of H-pyrrole nitrogens is 1.